The molecule has 1 amide bonds. The number of fused-ring (bicyclic) bond motifs is 3. The summed E-state index contributed by atoms with van der Waals surface area (Å²) in [6, 6.07) is 3.50. The number of aliphatic hydroxyl groups is 2. The number of allylic oxidation sites excluding steroid dienone is 2. The van der Waals surface area contributed by atoms with Gasteiger partial charge in [-0.25, -0.2) is 0 Å². The number of phenolic OH excluding ortho intramolecular Hbond substituents is 1. The van der Waals surface area contributed by atoms with E-state index in [1.807, 2.05) is 6.07 Å². The Morgan fingerprint density at radius 1 is 1.00 bits per heavy atom. The van der Waals surface area contributed by atoms with E-state index in [0.717, 1.165) is 36.8 Å². The van der Waals surface area contributed by atoms with E-state index in [-0.39, 0.29) is 29.4 Å². The van der Waals surface area contributed by atoms with Gasteiger partial charge >= 0.3 is 0 Å². The molecule has 0 aliphatic heterocycles. The number of primary amides is 1. The van der Waals surface area contributed by atoms with Crippen LogP contribution in [-0.4, -0.2) is 32.8 Å². The van der Waals surface area contributed by atoms with E-state index >= 15 is 0 Å². The number of Topliss-reactive ketones (excluding diaryl/α,β-unsaturated/α-hetero) is 2. The average molecular weight is 423 g/mol. The molecule has 3 atom stereocenters. The first-order valence-corrected chi connectivity index (χ1v) is 10.9. The van der Waals surface area contributed by atoms with Gasteiger partial charge in [0.15, 0.2) is 11.6 Å². The third-order valence-electron chi connectivity index (χ3n) is 7.60. The summed E-state index contributed by atoms with van der Waals surface area (Å²) in [4.78, 5) is 37.4. The van der Waals surface area contributed by atoms with Crippen molar-refractivity contribution in [1.82, 2.24) is 0 Å². The molecule has 0 radical (unpaired) electrons. The van der Waals surface area contributed by atoms with Crippen molar-refractivity contribution in [2.24, 2.45) is 23.5 Å². The van der Waals surface area contributed by atoms with Crippen LogP contribution in [0.15, 0.2) is 29.0 Å². The van der Waals surface area contributed by atoms with E-state index in [2.05, 4.69) is 0 Å². The van der Waals surface area contributed by atoms with Crippen LogP contribution in [0, 0.1) is 17.8 Å². The van der Waals surface area contributed by atoms with E-state index < -0.39 is 40.6 Å². The maximum atomic E-state index is 13.4. The van der Waals surface area contributed by atoms with Crippen molar-refractivity contribution in [1.29, 1.82) is 0 Å². The highest BCUT2D eigenvalue weighted by molar-refractivity contribution is 6.21. The highest BCUT2D eigenvalue weighted by atomic mass is 16.3. The molecule has 5 N–H and O–H groups in total. The number of nitrogens with two attached hydrogens (primary N) is 1. The molecule has 7 heteroatoms. The fraction of sp³-hybridized carbons (Fsp3) is 0.458. The maximum absolute atomic E-state index is 13.4. The van der Waals surface area contributed by atoms with Gasteiger partial charge in [0.1, 0.15) is 22.8 Å². The highest BCUT2D eigenvalue weighted by Crippen LogP contribution is 2.51. The standard InChI is InChI=1S/C24H25NO6/c25-24(31)20-16(27)9-12-7-11-8-14-13(10-3-1-2-4-10)5-6-15(26)19(14)22(29)17(11)21(28)18(12)23(20)30/h5-6,10-12,18,26,29-30H,1-4,7-9H2,(H2,25,31)/t11-,12+,18?/m1/s1. The molecule has 4 aliphatic carbocycles. The predicted octanol–water partition coefficient (Wildman–Crippen LogP) is 2.97. The van der Waals surface area contributed by atoms with Crippen LogP contribution in [0.4, 0.5) is 0 Å². The number of ketones is 2. The van der Waals surface area contributed by atoms with Gasteiger partial charge in [-0.3, -0.25) is 14.4 Å². The largest absolute Gasteiger partial charge is 0.511 e. The second-order valence-corrected chi connectivity index (χ2v) is 9.26. The monoisotopic (exact) mass is 423 g/mol. The number of phenols is 1. The number of hydrogen-bond donors (Lipinski definition) is 4. The van der Waals surface area contributed by atoms with Gasteiger partial charge in [0.2, 0.25) is 0 Å². The van der Waals surface area contributed by atoms with Gasteiger partial charge < -0.3 is 21.1 Å². The molecule has 0 saturated heterocycles. The summed E-state index contributed by atoms with van der Waals surface area (Å²) in [5.74, 6) is -4.47. The molecule has 2 saturated carbocycles. The van der Waals surface area contributed by atoms with Crippen LogP contribution in [0.3, 0.4) is 0 Å². The van der Waals surface area contributed by atoms with Crippen LogP contribution in [0.25, 0.3) is 5.76 Å². The first-order valence-electron chi connectivity index (χ1n) is 10.9. The lowest BCUT2D eigenvalue weighted by Crippen LogP contribution is -2.44. The molecule has 0 aromatic heterocycles. The van der Waals surface area contributed by atoms with Crippen molar-refractivity contribution < 1.29 is 29.7 Å². The van der Waals surface area contributed by atoms with Gasteiger partial charge in [0.05, 0.1) is 11.5 Å². The molecule has 1 unspecified atom stereocenters. The Balaban J connectivity index is 1.64. The van der Waals surface area contributed by atoms with E-state index in [9.17, 15) is 29.7 Å². The van der Waals surface area contributed by atoms with Crippen LogP contribution < -0.4 is 5.73 Å². The minimum absolute atomic E-state index is 0.0361. The normalized spacial score (nSPS) is 28.5. The summed E-state index contributed by atoms with van der Waals surface area (Å²) in [7, 11) is 0. The summed E-state index contributed by atoms with van der Waals surface area (Å²) in [6.45, 7) is 0. The minimum atomic E-state index is -1.07. The van der Waals surface area contributed by atoms with Crippen LogP contribution in [0.5, 0.6) is 5.75 Å². The number of hydrogen-bond acceptors (Lipinski definition) is 6. The van der Waals surface area contributed by atoms with Crippen LogP contribution in [0.1, 0.15) is 61.1 Å². The van der Waals surface area contributed by atoms with Crippen molar-refractivity contribution in [3.8, 4) is 5.75 Å². The van der Waals surface area contributed by atoms with Gasteiger partial charge in [-0.05, 0) is 60.6 Å². The lowest BCUT2D eigenvalue weighted by atomic mass is 9.61. The Bertz CT molecular complexity index is 1090. The van der Waals surface area contributed by atoms with Gasteiger partial charge in [0, 0.05) is 12.0 Å². The van der Waals surface area contributed by atoms with Crippen molar-refractivity contribution in [2.45, 2.75) is 50.9 Å². The van der Waals surface area contributed by atoms with Crippen molar-refractivity contribution >= 4 is 23.2 Å². The maximum Gasteiger partial charge on any atom is 0.255 e. The summed E-state index contributed by atoms with van der Waals surface area (Å²) < 4.78 is 0. The third-order valence-corrected chi connectivity index (χ3v) is 7.60. The zero-order valence-corrected chi connectivity index (χ0v) is 17.1. The Kier molecular flexibility index (Phi) is 4.46. The Labute approximate surface area is 179 Å². The number of amides is 1. The molecular weight excluding hydrogens is 398 g/mol. The fourth-order valence-electron chi connectivity index (χ4n) is 6.28. The number of aromatic hydroxyl groups is 1. The molecule has 0 spiro atoms. The first-order chi connectivity index (χ1) is 14.8. The van der Waals surface area contributed by atoms with Gasteiger partial charge in [0.25, 0.3) is 5.91 Å². The summed E-state index contributed by atoms with van der Waals surface area (Å²) in [5, 5.41) is 32.2. The zero-order valence-electron chi connectivity index (χ0n) is 17.1. The molecule has 162 valence electrons. The second-order valence-electron chi connectivity index (χ2n) is 9.26. The smallest absolute Gasteiger partial charge is 0.255 e. The quantitative estimate of drug-likeness (QED) is 0.540. The van der Waals surface area contributed by atoms with Crippen LogP contribution in [0.2, 0.25) is 0 Å². The summed E-state index contributed by atoms with van der Waals surface area (Å²) >= 11 is 0. The van der Waals surface area contributed by atoms with E-state index in [1.165, 1.54) is 0 Å². The molecule has 0 heterocycles. The Morgan fingerprint density at radius 3 is 2.39 bits per heavy atom. The highest BCUT2D eigenvalue weighted by Gasteiger charge is 2.51. The molecule has 31 heavy (non-hydrogen) atoms. The SMILES string of the molecule is NC(=O)C1=C(O)C2C(=O)C3=C(O)c4c(O)ccc(C5CCCC5)c4C[C@H]3C[C@H]2CC1=O. The second kappa shape index (κ2) is 6.97. The van der Waals surface area contributed by atoms with Crippen LogP contribution >= 0.6 is 0 Å². The van der Waals surface area contributed by atoms with Crippen molar-refractivity contribution in [3.05, 3.63) is 45.7 Å². The van der Waals surface area contributed by atoms with E-state index in [0.29, 0.717) is 24.3 Å². The first kappa shape index (κ1) is 19.8. The van der Waals surface area contributed by atoms with Crippen molar-refractivity contribution in [2.75, 3.05) is 0 Å². The summed E-state index contributed by atoms with van der Waals surface area (Å²) in [5.41, 5.74) is 7.19. The predicted molar refractivity (Wildman–Crippen MR) is 111 cm³/mol. The van der Waals surface area contributed by atoms with Crippen molar-refractivity contribution in [3.63, 3.8) is 0 Å². The Morgan fingerprint density at radius 2 is 1.71 bits per heavy atom. The molecule has 1 aromatic carbocycles. The number of carbonyl (C=O) groups is 3. The number of aliphatic hydroxyl groups excluding tert-OH is 2. The minimum Gasteiger partial charge on any atom is -0.511 e. The number of rotatable bonds is 2. The molecule has 7 nitrogen and oxygen atoms in total. The third kappa shape index (κ3) is 2.82. The molecule has 4 aliphatic rings. The molecule has 0 bridgehead atoms. The van der Waals surface area contributed by atoms with Gasteiger partial charge in [-0.15, -0.1) is 0 Å². The summed E-state index contributed by atoms with van der Waals surface area (Å²) in [6.07, 6.45) is 5.30. The number of benzene rings is 1. The lowest BCUT2D eigenvalue weighted by molar-refractivity contribution is -0.127. The van der Waals surface area contributed by atoms with Gasteiger partial charge in [-0.1, -0.05) is 18.9 Å². The zero-order chi connectivity index (χ0) is 22.0. The lowest BCUT2D eigenvalue weighted by Gasteiger charge is -2.41. The van der Waals surface area contributed by atoms with E-state index in [4.69, 9.17) is 5.73 Å². The topological polar surface area (TPSA) is 138 Å². The fourth-order valence-corrected chi connectivity index (χ4v) is 6.28. The molecular formula is C24H25NO6. The molecule has 1 aromatic rings. The average Bonchev–Trinajstić information content (AvgIpc) is 3.21. The molecule has 5 rings (SSSR count). The number of carbonyl (C=O) groups excluding carboxylic acids is 3. The molecule has 2 fully saturated rings. The van der Waals surface area contributed by atoms with Crippen LogP contribution in [-0.2, 0) is 20.8 Å². The Hall–Kier alpha value is -3.09. The van der Waals surface area contributed by atoms with E-state index in [1.54, 1.807) is 6.07 Å². The van der Waals surface area contributed by atoms with Gasteiger partial charge in [-0.2, -0.15) is 0 Å².